The van der Waals surface area contributed by atoms with Gasteiger partial charge in [-0.2, -0.15) is 0 Å². The average molecular weight is 340 g/mol. The van der Waals surface area contributed by atoms with Crippen molar-refractivity contribution >= 4 is 16.9 Å². The third kappa shape index (κ3) is 3.73. The number of imidazole rings is 1. The quantitative estimate of drug-likeness (QED) is 0.716. The minimum Gasteiger partial charge on any atom is -0.361 e. The Hall–Kier alpha value is -2.63. The molecule has 1 aromatic carbocycles. The van der Waals surface area contributed by atoms with E-state index in [1.54, 1.807) is 0 Å². The Bertz CT molecular complexity index is 859. The highest BCUT2D eigenvalue weighted by atomic mass is 16.5. The molecule has 0 bridgehead atoms. The lowest BCUT2D eigenvalue weighted by Gasteiger charge is -2.09. The maximum absolute atomic E-state index is 12.2. The predicted octanol–water partition coefficient (Wildman–Crippen LogP) is 3.30. The Balaban J connectivity index is 1.64. The lowest BCUT2D eigenvalue weighted by molar-refractivity contribution is -0.121. The van der Waals surface area contributed by atoms with Gasteiger partial charge in [0.2, 0.25) is 5.91 Å². The summed E-state index contributed by atoms with van der Waals surface area (Å²) in [5, 5.41) is 6.91. The largest absolute Gasteiger partial charge is 0.361 e. The fourth-order valence-electron chi connectivity index (χ4n) is 3.10. The van der Waals surface area contributed by atoms with Gasteiger partial charge < -0.3 is 14.4 Å². The van der Waals surface area contributed by atoms with Gasteiger partial charge in [-0.1, -0.05) is 24.2 Å². The van der Waals surface area contributed by atoms with Crippen LogP contribution in [0, 0.1) is 13.8 Å². The van der Waals surface area contributed by atoms with Gasteiger partial charge in [0.05, 0.1) is 23.3 Å². The Kier molecular flexibility index (Phi) is 5.16. The first-order valence-corrected chi connectivity index (χ1v) is 8.72. The molecule has 0 saturated carbocycles. The number of hydrogen-bond acceptors (Lipinski definition) is 4. The standard InChI is InChI=1S/C19H24N4O2/c1-4-11-23-17-8-6-5-7-16(17)21-18(23)12-20-19(24)10-9-15-13(2)22-25-14(15)3/h5-8H,4,9-12H2,1-3H3,(H,20,24). The molecule has 0 atom stereocenters. The van der Waals surface area contributed by atoms with E-state index in [9.17, 15) is 4.79 Å². The van der Waals surface area contributed by atoms with Gasteiger partial charge in [0.1, 0.15) is 11.6 Å². The van der Waals surface area contributed by atoms with Crippen LogP contribution >= 0.6 is 0 Å². The third-order valence-electron chi connectivity index (χ3n) is 4.41. The van der Waals surface area contributed by atoms with Crippen molar-refractivity contribution < 1.29 is 9.32 Å². The predicted molar refractivity (Wildman–Crippen MR) is 96.2 cm³/mol. The maximum atomic E-state index is 12.2. The van der Waals surface area contributed by atoms with Crippen molar-refractivity contribution in [3.8, 4) is 0 Å². The number of amides is 1. The van der Waals surface area contributed by atoms with Gasteiger partial charge in [-0.25, -0.2) is 4.98 Å². The Labute approximate surface area is 147 Å². The topological polar surface area (TPSA) is 73.0 Å². The van der Waals surface area contributed by atoms with E-state index in [2.05, 4.69) is 33.0 Å². The lowest BCUT2D eigenvalue weighted by Crippen LogP contribution is -2.25. The van der Waals surface area contributed by atoms with E-state index in [1.807, 2.05) is 32.0 Å². The van der Waals surface area contributed by atoms with Gasteiger partial charge in [0.25, 0.3) is 0 Å². The van der Waals surface area contributed by atoms with E-state index in [-0.39, 0.29) is 5.91 Å². The number of nitrogens with zero attached hydrogens (tertiary/aromatic N) is 3. The van der Waals surface area contributed by atoms with Crippen LogP contribution in [0.3, 0.4) is 0 Å². The molecule has 3 rings (SSSR count). The molecule has 0 saturated heterocycles. The molecule has 1 amide bonds. The summed E-state index contributed by atoms with van der Waals surface area (Å²) >= 11 is 0. The van der Waals surface area contributed by atoms with Gasteiger partial charge in [0.15, 0.2) is 0 Å². The first-order valence-electron chi connectivity index (χ1n) is 8.72. The fourth-order valence-corrected chi connectivity index (χ4v) is 3.10. The SMILES string of the molecule is CCCn1c(CNC(=O)CCc2c(C)noc2C)nc2ccccc21. The summed E-state index contributed by atoms with van der Waals surface area (Å²) in [5.41, 5.74) is 3.96. The minimum atomic E-state index is 0.00936. The van der Waals surface area contributed by atoms with E-state index in [0.717, 1.165) is 46.8 Å². The van der Waals surface area contributed by atoms with Gasteiger partial charge in [-0.05, 0) is 38.8 Å². The van der Waals surface area contributed by atoms with Crippen molar-refractivity contribution in [3.05, 3.63) is 47.1 Å². The number of rotatable bonds is 7. The van der Waals surface area contributed by atoms with Crippen LogP contribution in [0.4, 0.5) is 0 Å². The summed E-state index contributed by atoms with van der Waals surface area (Å²) in [6.45, 7) is 7.25. The summed E-state index contributed by atoms with van der Waals surface area (Å²) in [4.78, 5) is 16.9. The Morgan fingerprint density at radius 2 is 2.08 bits per heavy atom. The second kappa shape index (κ2) is 7.51. The van der Waals surface area contributed by atoms with Gasteiger partial charge in [0, 0.05) is 18.5 Å². The number of hydrogen-bond donors (Lipinski definition) is 1. The van der Waals surface area contributed by atoms with Crippen molar-refractivity contribution in [2.45, 2.75) is 53.1 Å². The molecule has 1 N–H and O–H groups in total. The van der Waals surface area contributed by atoms with Crippen LogP contribution in [-0.2, 0) is 24.3 Å². The van der Waals surface area contributed by atoms with Gasteiger partial charge in [-0.15, -0.1) is 0 Å². The van der Waals surface area contributed by atoms with Crippen molar-refractivity contribution in [2.75, 3.05) is 0 Å². The van der Waals surface area contributed by atoms with E-state index in [4.69, 9.17) is 4.52 Å². The molecule has 132 valence electrons. The second-order valence-corrected chi connectivity index (χ2v) is 6.25. The summed E-state index contributed by atoms with van der Waals surface area (Å²) in [6.07, 6.45) is 2.07. The Morgan fingerprint density at radius 1 is 1.28 bits per heavy atom. The molecule has 0 aliphatic carbocycles. The highest BCUT2D eigenvalue weighted by molar-refractivity contribution is 5.77. The van der Waals surface area contributed by atoms with Gasteiger partial charge in [-0.3, -0.25) is 4.79 Å². The average Bonchev–Trinajstić information content (AvgIpc) is 3.12. The van der Waals surface area contributed by atoms with E-state index in [1.165, 1.54) is 0 Å². The summed E-state index contributed by atoms with van der Waals surface area (Å²) in [7, 11) is 0. The third-order valence-corrected chi connectivity index (χ3v) is 4.41. The number of benzene rings is 1. The molecule has 6 heteroatoms. The van der Waals surface area contributed by atoms with E-state index < -0.39 is 0 Å². The first-order chi connectivity index (χ1) is 12.1. The van der Waals surface area contributed by atoms with Crippen LogP contribution < -0.4 is 5.32 Å². The van der Waals surface area contributed by atoms with Crippen LogP contribution in [0.15, 0.2) is 28.8 Å². The first kappa shape index (κ1) is 17.2. The number of fused-ring (bicyclic) bond motifs is 1. The molecule has 0 unspecified atom stereocenters. The molecular formula is C19H24N4O2. The van der Waals surface area contributed by atoms with E-state index in [0.29, 0.717) is 19.4 Å². The highest BCUT2D eigenvalue weighted by Crippen LogP contribution is 2.17. The second-order valence-electron chi connectivity index (χ2n) is 6.25. The molecule has 2 heterocycles. The molecule has 0 aliphatic rings. The van der Waals surface area contributed by atoms with Crippen molar-refractivity contribution in [1.29, 1.82) is 0 Å². The lowest BCUT2D eigenvalue weighted by atomic mass is 10.1. The molecule has 0 spiro atoms. The maximum Gasteiger partial charge on any atom is 0.220 e. The van der Waals surface area contributed by atoms with Crippen LogP contribution in [0.5, 0.6) is 0 Å². The van der Waals surface area contributed by atoms with Crippen LogP contribution in [0.1, 0.15) is 42.6 Å². The number of para-hydroxylation sites is 2. The normalized spacial score (nSPS) is 11.2. The van der Waals surface area contributed by atoms with Crippen molar-refractivity contribution in [3.63, 3.8) is 0 Å². The number of carbonyl (C=O) groups is 1. The smallest absolute Gasteiger partial charge is 0.220 e. The minimum absolute atomic E-state index is 0.00936. The summed E-state index contributed by atoms with van der Waals surface area (Å²) in [6, 6.07) is 8.07. The van der Waals surface area contributed by atoms with Crippen LogP contribution in [0.2, 0.25) is 0 Å². The molecule has 0 fully saturated rings. The highest BCUT2D eigenvalue weighted by Gasteiger charge is 2.13. The Morgan fingerprint density at radius 3 is 2.80 bits per heavy atom. The number of carbonyl (C=O) groups excluding carboxylic acids is 1. The molecule has 0 radical (unpaired) electrons. The van der Waals surface area contributed by atoms with Gasteiger partial charge >= 0.3 is 0 Å². The number of aromatic nitrogens is 3. The molecule has 25 heavy (non-hydrogen) atoms. The molecule has 6 nitrogen and oxygen atoms in total. The van der Waals surface area contributed by atoms with Crippen LogP contribution in [-0.4, -0.2) is 20.6 Å². The number of nitrogens with one attached hydrogen (secondary N) is 1. The van der Waals surface area contributed by atoms with Crippen molar-refractivity contribution in [2.24, 2.45) is 0 Å². The summed E-state index contributed by atoms with van der Waals surface area (Å²) < 4.78 is 7.32. The zero-order valence-corrected chi connectivity index (χ0v) is 15.0. The molecule has 2 aromatic heterocycles. The fraction of sp³-hybridized carbons (Fsp3) is 0.421. The summed E-state index contributed by atoms with van der Waals surface area (Å²) in [5.74, 6) is 1.69. The van der Waals surface area contributed by atoms with Crippen LogP contribution in [0.25, 0.3) is 11.0 Å². The zero-order chi connectivity index (χ0) is 17.8. The molecular weight excluding hydrogens is 316 g/mol. The zero-order valence-electron chi connectivity index (χ0n) is 15.0. The number of aryl methyl sites for hydroxylation is 3. The van der Waals surface area contributed by atoms with Crippen molar-refractivity contribution in [1.82, 2.24) is 20.0 Å². The molecule has 3 aromatic rings. The molecule has 0 aliphatic heterocycles. The monoisotopic (exact) mass is 340 g/mol. The van der Waals surface area contributed by atoms with E-state index >= 15 is 0 Å².